The Morgan fingerprint density at radius 2 is 2.20 bits per heavy atom. The van der Waals surface area contributed by atoms with Crippen LogP contribution >= 0.6 is 0 Å². The van der Waals surface area contributed by atoms with Gasteiger partial charge < -0.3 is 4.74 Å². The standard InChI is InChI=1S/C12H23NO2/c1-10(2)15-9-8-13(3)11-6-4-5-7-12(11)14/h10-11H,4-9H2,1-3H3. The Morgan fingerprint density at radius 3 is 2.80 bits per heavy atom. The molecule has 1 unspecified atom stereocenters. The zero-order valence-electron chi connectivity index (χ0n) is 10.2. The van der Waals surface area contributed by atoms with E-state index in [0.717, 1.165) is 32.4 Å². The number of ketones is 1. The molecule has 0 amide bonds. The fourth-order valence-electron chi connectivity index (χ4n) is 2.02. The molecule has 1 fully saturated rings. The molecule has 0 radical (unpaired) electrons. The number of carbonyl (C=O) groups is 1. The minimum Gasteiger partial charge on any atom is -0.377 e. The van der Waals surface area contributed by atoms with Gasteiger partial charge in [0.15, 0.2) is 0 Å². The number of ether oxygens (including phenoxy) is 1. The van der Waals surface area contributed by atoms with Gasteiger partial charge in [0, 0.05) is 13.0 Å². The van der Waals surface area contributed by atoms with E-state index in [4.69, 9.17) is 4.74 Å². The molecule has 0 spiro atoms. The van der Waals surface area contributed by atoms with Crippen LogP contribution in [0.3, 0.4) is 0 Å². The second-order valence-electron chi connectivity index (χ2n) is 4.63. The molecule has 1 saturated carbocycles. The summed E-state index contributed by atoms with van der Waals surface area (Å²) < 4.78 is 5.49. The average Bonchev–Trinajstić information content (AvgIpc) is 2.17. The zero-order valence-corrected chi connectivity index (χ0v) is 10.2. The summed E-state index contributed by atoms with van der Waals surface area (Å²) in [4.78, 5) is 13.8. The lowest BCUT2D eigenvalue weighted by Gasteiger charge is -2.29. The van der Waals surface area contributed by atoms with E-state index < -0.39 is 0 Å². The van der Waals surface area contributed by atoms with Crippen molar-refractivity contribution in [2.24, 2.45) is 0 Å². The number of carbonyl (C=O) groups excluding carboxylic acids is 1. The van der Waals surface area contributed by atoms with Crippen LogP contribution in [0.15, 0.2) is 0 Å². The molecule has 3 nitrogen and oxygen atoms in total. The number of nitrogens with zero attached hydrogens (tertiary/aromatic N) is 1. The van der Waals surface area contributed by atoms with Gasteiger partial charge in [0.05, 0.1) is 18.8 Å². The topological polar surface area (TPSA) is 29.5 Å². The summed E-state index contributed by atoms with van der Waals surface area (Å²) in [7, 11) is 2.03. The van der Waals surface area contributed by atoms with Crippen molar-refractivity contribution in [3.8, 4) is 0 Å². The first-order valence-corrected chi connectivity index (χ1v) is 5.96. The van der Waals surface area contributed by atoms with Gasteiger partial charge in [-0.3, -0.25) is 9.69 Å². The third kappa shape index (κ3) is 4.31. The van der Waals surface area contributed by atoms with E-state index >= 15 is 0 Å². The van der Waals surface area contributed by atoms with Gasteiger partial charge in [0.1, 0.15) is 5.78 Å². The normalized spacial score (nSPS) is 22.7. The number of rotatable bonds is 5. The highest BCUT2D eigenvalue weighted by Gasteiger charge is 2.25. The van der Waals surface area contributed by atoms with Crippen LogP contribution < -0.4 is 0 Å². The van der Waals surface area contributed by atoms with E-state index in [0.29, 0.717) is 5.78 Å². The average molecular weight is 213 g/mol. The maximum absolute atomic E-state index is 11.7. The van der Waals surface area contributed by atoms with Crippen molar-refractivity contribution in [2.45, 2.75) is 51.7 Å². The van der Waals surface area contributed by atoms with Gasteiger partial charge in [0.25, 0.3) is 0 Å². The van der Waals surface area contributed by atoms with Gasteiger partial charge >= 0.3 is 0 Å². The second kappa shape index (κ2) is 6.23. The molecule has 0 saturated heterocycles. The Bertz CT molecular complexity index is 204. The van der Waals surface area contributed by atoms with Crippen molar-refractivity contribution in [1.29, 1.82) is 0 Å². The van der Waals surface area contributed by atoms with Crippen LogP contribution in [-0.2, 0) is 9.53 Å². The molecule has 1 rings (SSSR count). The first-order valence-electron chi connectivity index (χ1n) is 5.96. The molecule has 0 aliphatic heterocycles. The summed E-state index contributed by atoms with van der Waals surface area (Å²) in [5.74, 6) is 0.410. The van der Waals surface area contributed by atoms with Gasteiger partial charge in [-0.15, -0.1) is 0 Å². The summed E-state index contributed by atoms with van der Waals surface area (Å²) in [6, 6.07) is 0.148. The first kappa shape index (κ1) is 12.7. The highest BCUT2D eigenvalue weighted by molar-refractivity contribution is 5.84. The molecule has 1 aliphatic rings. The third-order valence-corrected chi connectivity index (χ3v) is 2.95. The van der Waals surface area contributed by atoms with Crippen molar-refractivity contribution >= 4 is 5.78 Å². The van der Waals surface area contributed by atoms with Crippen LogP contribution in [0, 0.1) is 0 Å². The predicted octanol–water partition coefficient (Wildman–Crippen LogP) is 1.85. The van der Waals surface area contributed by atoms with Crippen molar-refractivity contribution < 1.29 is 9.53 Å². The molecule has 15 heavy (non-hydrogen) atoms. The van der Waals surface area contributed by atoms with Crippen molar-refractivity contribution in [3.63, 3.8) is 0 Å². The van der Waals surface area contributed by atoms with Gasteiger partial charge in [-0.1, -0.05) is 6.42 Å². The minimum atomic E-state index is 0.148. The molecule has 0 N–H and O–H groups in total. The molecule has 0 bridgehead atoms. The number of hydrogen-bond acceptors (Lipinski definition) is 3. The van der Waals surface area contributed by atoms with Crippen molar-refractivity contribution in [3.05, 3.63) is 0 Å². The quantitative estimate of drug-likeness (QED) is 0.698. The predicted molar refractivity (Wildman–Crippen MR) is 61.0 cm³/mol. The molecular formula is C12H23NO2. The second-order valence-corrected chi connectivity index (χ2v) is 4.63. The Kier molecular flexibility index (Phi) is 5.26. The van der Waals surface area contributed by atoms with Gasteiger partial charge in [0.2, 0.25) is 0 Å². The molecule has 0 heterocycles. The van der Waals surface area contributed by atoms with Crippen LogP contribution in [0.5, 0.6) is 0 Å². The summed E-state index contributed by atoms with van der Waals surface area (Å²) in [6.07, 6.45) is 4.33. The maximum atomic E-state index is 11.7. The summed E-state index contributed by atoms with van der Waals surface area (Å²) in [5, 5.41) is 0. The fraction of sp³-hybridized carbons (Fsp3) is 0.917. The molecule has 1 atom stereocenters. The lowest BCUT2D eigenvalue weighted by Crippen LogP contribution is -2.42. The van der Waals surface area contributed by atoms with E-state index in [-0.39, 0.29) is 12.1 Å². The highest BCUT2D eigenvalue weighted by atomic mass is 16.5. The van der Waals surface area contributed by atoms with E-state index in [2.05, 4.69) is 4.90 Å². The van der Waals surface area contributed by atoms with Crippen LogP contribution in [0.4, 0.5) is 0 Å². The molecule has 0 aromatic rings. The first-order chi connectivity index (χ1) is 7.11. The van der Waals surface area contributed by atoms with E-state index in [1.54, 1.807) is 0 Å². The smallest absolute Gasteiger partial charge is 0.149 e. The summed E-state index contributed by atoms with van der Waals surface area (Å²) in [5.41, 5.74) is 0. The molecule has 0 aromatic carbocycles. The fourth-order valence-corrected chi connectivity index (χ4v) is 2.02. The molecule has 88 valence electrons. The lowest BCUT2D eigenvalue weighted by atomic mass is 9.93. The van der Waals surface area contributed by atoms with Gasteiger partial charge in [-0.2, -0.15) is 0 Å². The number of hydrogen-bond donors (Lipinski definition) is 0. The van der Waals surface area contributed by atoms with Crippen molar-refractivity contribution in [1.82, 2.24) is 4.90 Å². The molecular weight excluding hydrogens is 190 g/mol. The van der Waals surface area contributed by atoms with Crippen molar-refractivity contribution in [2.75, 3.05) is 20.2 Å². The monoisotopic (exact) mass is 213 g/mol. The minimum absolute atomic E-state index is 0.148. The Balaban J connectivity index is 2.25. The molecule has 3 heteroatoms. The Labute approximate surface area is 92.8 Å². The lowest BCUT2D eigenvalue weighted by molar-refractivity contribution is -0.125. The van der Waals surface area contributed by atoms with Crippen LogP contribution in [0.1, 0.15) is 39.5 Å². The number of likely N-dealkylation sites (N-methyl/N-ethyl adjacent to an activating group) is 1. The van der Waals surface area contributed by atoms with Crippen LogP contribution in [0.25, 0.3) is 0 Å². The number of Topliss-reactive ketones (excluding diaryl/α,β-unsaturated/α-hetero) is 1. The van der Waals surface area contributed by atoms with E-state index in [1.807, 2.05) is 20.9 Å². The summed E-state index contributed by atoms with van der Waals surface area (Å²) in [6.45, 7) is 5.64. The van der Waals surface area contributed by atoms with Crippen LogP contribution in [0.2, 0.25) is 0 Å². The Morgan fingerprint density at radius 1 is 1.47 bits per heavy atom. The SMILES string of the molecule is CC(C)OCCN(C)C1CCCCC1=O. The largest absolute Gasteiger partial charge is 0.377 e. The van der Waals surface area contributed by atoms with E-state index in [9.17, 15) is 4.79 Å². The Hall–Kier alpha value is -0.410. The van der Waals surface area contributed by atoms with Crippen LogP contribution in [-0.4, -0.2) is 43.0 Å². The maximum Gasteiger partial charge on any atom is 0.149 e. The molecule has 1 aliphatic carbocycles. The van der Waals surface area contributed by atoms with Gasteiger partial charge in [-0.25, -0.2) is 0 Å². The zero-order chi connectivity index (χ0) is 11.3. The van der Waals surface area contributed by atoms with E-state index in [1.165, 1.54) is 6.42 Å². The summed E-state index contributed by atoms with van der Waals surface area (Å²) >= 11 is 0. The highest BCUT2D eigenvalue weighted by Crippen LogP contribution is 2.18. The molecule has 0 aromatic heterocycles. The van der Waals surface area contributed by atoms with Gasteiger partial charge in [-0.05, 0) is 33.7 Å². The third-order valence-electron chi connectivity index (χ3n) is 2.95.